The van der Waals surface area contributed by atoms with Crippen molar-refractivity contribution in [3.63, 3.8) is 0 Å². The van der Waals surface area contributed by atoms with Crippen LogP contribution in [-0.2, 0) is 9.53 Å². The molecule has 2 aliphatic heterocycles. The number of ether oxygens (including phenoxy) is 1. The summed E-state index contributed by atoms with van der Waals surface area (Å²) >= 11 is 0. The average molecular weight is 317 g/mol. The smallest absolute Gasteiger partial charge is 0.161 e. The molecule has 2 fully saturated rings. The van der Waals surface area contributed by atoms with Gasteiger partial charge in [-0.15, -0.1) is 0 Å². The summed E-state index contributed by atoms with van der Waals surface area (Å²) in [5.41, 5.74) is 4.88. The molecule has 0 aromatic rings. The Labute approximate surface area is 141 Å². The molecule has 0 N–H and O–H groups in total. The summed E-state index contributed by atoms with van der Waals surface area (Å²) in [5, 5.41) is 0. The summed E-state index contributed by atoms with van der Waals surface area (Å²) in [6.07, 6.45) is 7.37. The zero-order valence-corrected chi connectivity index (χ0v) is 15.4. The lowest BCUT2D eigenvalue weighted by molar-refractivity contribution is -0.114. The van der Waals surface area contributed by atoms with Gasteiger partial charge >= 0.3 is 0 Å². The molecule has 0 bridgehead atoms. The van der Waals surface area contributed by atoms with E-state index >= 15 is 0 Å². The van der Waals surface area contributed by atoms with Crippen LogP contribution in [0.4, 0.5) is 0 Å². The second kappa shape index (κ2) is 7.48. The Balaban J connectivity index is 2.28. The number of hydrogen-bond donors (Lipinski definition) is 0. The van der Waals surface area contributed by atoms with Crippen LogP contribution in [0.1, 0.15) is 53.9 Å². The van der Waals surface area contributed by atoms with E-state index in [1.165, 1.54) is 11.3 Å². The van der Waals surface area contributed by atoms with E-state index in [0.717, 1.165) is 56.7 Å². The number of carbonyl (C=O) groups excluding carboxylic acids is 1. The molecule has 0 amide bonds. The lowest BCUT2D eigenvalue weighted by Gasteiger charge is -2.54. The minimum absolute atomic E-state index is 0.155. The molecular formula is C20H31NO2. The third-order valence-electron chi connectivity index (χ3n) is 5.32. The van der Waals surface area contributed by atoms with Crippen LogP contribution in [0, 0.1) is 5.41 Å². The molecule has 0 unspecified atom stereocenters. The third-order valence-corrected chi connectivity index (χ3v) is 5.32. The molecule has 1 spiro atoms. The van der Waals surface area contributed by atoms with E-state index in [1.807, 2.05) is 13.0 Å². The molecule has 3 heteroatoms. The summed E-state index contributed by atoms with van der Waals surface area (Å²) in [4.78, 5) is 14.7. The van der Waals surface area contributed by atoms with Gasteiger partial charge in [-0.25, -0.2) is 0 Å². The summed E-state index contributed by atoms with van der Waals surface area (Å²) in [5.74, 6) is 0.155. The van der Waals surface area contributed by atoms with Crippen molar-refractivity contribution in [2.75, 3.05) is 26.3 Å². The second-order valence-electron chi connectivity index (χ2n) is 7.10. The Morgan fingerprint density at radius 1 is 1.17 bits per heavy atom. The van der Waals surface area contributed by atoms with Crippen molar-refractivity contribution in [1.82, 2.24) is 4.90 Å². The van der Waals surface area contributed by atoms with Gasteiger partial charge in [0, 0.05) is 43.0 Å². The minimum atomic E-state index is 0.155. The highest BCUT2D eigenvalue weighted by atomic mass is 16.5. The number of nitrogens with zero attached hydrogens (tertiary/aromatic N) is 1. The lowest BCUT2D eigenvalue weighted by Crippen LogP contribution is -2.58. The molecule has 0 aromatic carbocycles. The standard InChI is InChI=1S/C20H31NO2/c1-6-15(3)12-18(17(5)22)19(16(4)7-2)21-13-20(14-21)8-10-23-11-9-20/h6,12H,7-11,13-14H2,1-5H3/b15-6-,18-12-,19-16?. The van der Waals surface area contributed by atoms with Gasteiger partial charge in [-0.1, -0.05) is 18.6 Å². The first kappa shape index (κ1) is 18.0. The summed E-state index contributed by atoms with van der Waals surface area (Å²) in [6, 6.07) is 0. The number of ketones is 1. The van der Waals surface area contributed by atoms with Crippen molar-refractivity contribution >= 4 is 5.78 Å². The fourth-order valence-corrected chi connectivity index (χ4v) is 3.53. The number of rotatable bonds is 5. The van der Waals surface area contributed by atoms with Gasteiger partial charge in [0.25, 0.3) is 0 Å². The van der Waals surface area contributed by atoms with E-state index in [0.29, 0.717) is 5.41 Å². The average Bonchev–Trinajstić information content (AvgIpc) is 2.52. The van der Waals surface area contributed by atoms with E-state index in [1.54, 1.807) is 6.92 Å². The van der Waals surface area contributed by atoms with Crippen molar-refractivity contribution in [3.8, 4) is 0 Å². The van der Waals surface area contributed by atoms with Crippen molar-refractivity contribution in [1.29, 1.82) is 0 Å². The molecule has 23 heavy (non-hydrogen) atoms. The predicted octanol–water partition coefficient (Wildman–Crippen LogP) is 4.26. The first-order valence-corrected chi connectivity index (χ1v) is 8.81. The van der Waals surface area contributed by atoms with Crippen LogP contribution in [0.2, 0.25) is 0 Å². The molecule has 3 nitrogen and oxygen atoms in total. The molecule has 2 aliphatic rings. The highest BCUT2D eigenvalue weighted by Gasteiger charge is 2.45. The predicted molar refractivity (Wildman–Crippen MR) is 95.2 cm³/mol. The maximum atomic E-state index is 12.3. The van der Waals surface area contributed by atoms with Crippen LogP contribution in [0.25, 0.3) is 0 Å². The van der Waals surface area contributed by atoms with Gasteiger partial charge in [0.2, 0.25) is 0 Å². The Kier molecular flexibility index (Phi) is 5.85. The minimum Gasteiger partial charge on any atom is -0.381 e. The second-order valence-corrected chi connectivity index (χ2v) is 7.10. The van der Waals surface area contributed by atoms with E-state index < -0.39 is 0 Å². The van der Waals surface area contributed by atoms with Gasteiger partial charge in [-0.2, -0.15) is 0 Å². The van der Waals surface area contributed by atoms with E-state index in [-0.39, 0.29) is 5.78 Å². The highest BCUT2D eigenvalue weighted by Crippen LogP contribution is 2.43. The number of likely N-dealkylation sites (tertiary alicyclic amines) is 1. The topological polar surface area (TPSA) is 29.5 Å². The van der Waals surface area contributed by atoms with Crippen LogP contribution in [-0.4, -0.2) is 37.0 Å². The normalized spacial score (nSPS) is 22.7. The van der Waals surface area contributed by atoms with Crippen molar-refractivity contribution in [3.05, 3.63) is 34.6 Å². The van der Waals surface area contributed by atoms with Crippen LogP contribution < -0.4 is 0 Å². The van der Waals surface area contributed by atoms with Gasteiger partial charge in [-0.3, -0.25) is 4.79 Å². The Bertz CT molecular complexity index is 540. The Morgan fingerprint density at radius 2 is 1.78 bits per heavy atom. The number of Topliss-reactive ketones (excluding diaryl/α,β-unsaturated/α-hetero) is 1. The van der Waals surface area contributed by atoms with Gasteiger partial charge in [0.1, 0.15) is 0 Å². The van der Waals surface area contributed by atoms with Crippen LogP contribution in [0.3, 0.4) is 0 Å². The molecule has 2 saturated heterocycles. The van der Waals surface area contributed by atoms with Gasteiger partial charge in [0.05, 0.1) is 0 Å². The van der Waals surface area contributed by atoms with Gasteiger partial charge in [0.15, 0.2) is 5.78 Å². The van der Waals surface area contributed by atoms with Gasteiger partial charge < -0.3 is 9.64 Å². The SMILES string of the molecule is C/C=C(C)\C=C(\C(C)=O)C(=C(C)CC)N1CC2(CCOCC2)C1. The van der Waals surface area contributed by atoms with Crippen LogP contribution in [0.15, 0.2) is 34.6 Å². The van der Waals surface area contributed by atoms with Crippen LogP contribution in [0.5, 0.6) is 0 Å². The van der Waals surface area contributed by atoms with Crippen LogP contribution >= 0.6 is 0 Å². The molecular weight excluding hydrogens is 286 g/mol. The Hall–Kier alpha value is -1.35. The van der Waals surface area contributed by atoms with Gasteiger partial charge in [-0.05, 0) is 58.6 Å². The van der Waals surface area contributed by atoms with E-state index in [4.69, 9.17) is 4.74 Å². The molecule has 0 aliphatic carbocycles. The number of hydrogen-bond acceptors (Lipinski definition) is 3. The monoisotopic (exact) mass is 317 g/mol. The van der Waals surface area contributed by atoms with E-state index in [9.17, 15) is 4.79 Å². The maximum absolute atomic E-state index is 12.3. The maximum Gasteiger partial charge on any atom is 0.161 e. The fraction of sp³-hybridized carbons (Fsp3) is 0.650. The first-order chi connectivity index (χ1) is 10.9. The third kappa shape index (κ3) is 3.95. The summed E-state index contributed by atoms with van der Waals surface area (Å²) in [6.45, 7) is 14.0. The lowest BCUT2D eigenvalue weighted by atomic mass is 9.72. The molecule has 0 saturated carbocycles. The zero-order chi connectivity index (χ0) is 17.0. The molecule has 2 heterocycles. The van der Waals surface area contributed by atoms with Crippen molar-refractivity contribution in [2.45, 2.75) is 53.9 Å². The fourth-order valence-electron chi connectivity index (χ4n) is 3.53. The van der Waals surface area contributed by atoms with E-state index in [2.05, 4.69) is 31.7 Å². The summed E-state index contributed by atoms with van der Waals surface area (Å²) < 4.78 is 5.51. The molecule has 128 valence electrons. The molecule has 0 radical (unpaired) electrons. The molecule has 2 rings (SSSR count). The zero-order valence-electron chi connectivity index (χ0n) is 15.4. The largest absolute Gasteiger partial charge is 0.381 e. The van der Waals surface area contributed by atoms with Crippen molar-refractivity contribution in [2.24, 2.45) is 5.41 Å². The Morgan fingerprint density at radius 3 is 2.26 bits per heavy atom. The highest BCUT2D eigenvalue weighted by molar-refractivity contribution is 5.98. The molecule has 0 atom stereocenters. The first-order valence-electron chi connectivity index (χ1n) is 8.81. The quantitative estimate of drug-likeness (QED) is 0.560. The summed E-state index contributed by atoms with van der Waals surface area (Å²) in [7, 11) is 0. The number of allylic oxidation sites excluding steroid dienone is 5. The number of carbonyl (C=O) groups is 1. The van der Waals surface area contributed by atoms with Crippen molar-refractivity contribution < 1.29 is 9.53 Å². The molecule has 0 aromatic heterocycles.